The average Bonchev–Trinajstić information content (AvgIpc) is 2.77. The van der Waals surface area contributed by atoms with Crippen LogP contribution >= 0.6 is 0 Å². The smallest absolute Gasteiger partial charge is 0.372 e. The normalized spacial score (nSPS) is 11.8. The van der Waals surface area contributed by atoms with Gasteiger partial charge in [-0.1, -0.05) is 0 Å². The molecule has 0 saturated carbocycles. The van der Waals surface area contributed by atoms with E-state index in [9.17, 15) is 9.59 Å². The highest BCUT2D eigenvalue weighted by Crippen LogP contribution is 2.07. The Morgan fingerprint density at radius 1 is 1.33 bits per heavy atom. The predicted octanol–water partition coefficient (Wildman–Crippen LogP) is 0.636. The van der Waals surface area contributed by atoms with Crippen LogP contribution in [0.5, 0.6) is 0 Å². The molecule has 0 saturated heterocycles. The van der Waals surface area contributed by atoms with Crippen molar-refractivity contribution in [1.29, 1.82) is 0 Å². The summed E-state index contributed by atoms with van der Waals surface area (Å²) in [5, 5.41) is 7.37. The maximum absolute atomic E-state index is 12.0. The number of carbonyl (C=O) groups excluding carboxylic acids is 1. The van der Waals surface area contributed by atoms with Crippen molar-refractivity contribution >= 4 is 12.2 Å². The topological polar surface area (TPSA) is 91.9 Å². The van der Waals surface area contributed by atoms with E-state index in [4.69, 9.17) is 4.74 Å². The van der Waals surface area contributed by atoms with Gasteiger partial charge >= 0.3 is 11.7 Å². The Kier molecular flexibility index (Phi) is 3.97. The van der Waals surface area contributed by atoms with E-state index in [1.165, 1.54) is 12.4 Å². The van der Waals surface area contributed by atoms with Crippen molar-refractivity contribution in [2.75, 3.05) is 0 Å². The fraction of sp³-hybridized carbons (Fsp3) is 0.308. The van der Waals surface area contributed by atoms with E-state index >= 15 is 0 Å². The summed E-state index contributed by atoms with van der Waals surface area (Å²) in [5.74, 6) is -0.565. The lowest BCUT2D eigenvalue weighted by atomic mass is 10.2. The van der Waals surface area contributed by atoms with Gasteiger partial charge in [-0.2, -0.15) is 9.36 Å². The fourth-order valence-corrected chi connectivity index (χ4v) is 1.46. The number of tetrazole rings is 1. The molecule has 2 rings (SSSR count). The van der Waals surface area contributed by atoms with Crippen molar-refractivity contribution in [3.8, 4) is 5.69 Å². The van der Waals surface area contributed by atoms with Gasteiger partial charge in [-0.15, -0.1) is 0 Å². The van der Waals surface area contributed by atoms with Crippen molar-refractivity contribution in [2.45, 2.75) is 26.4 Å². The number of ether oxygens (including phenoxy) is 1. The first kappa shape index (κ1) is 14.6. The molecule has 0 radical (unpaired) electrons. The van der Waals surface area contributed by atoms with Gasteiger partial charge in [-0.25, -0.2) is 9.59 Å². The van der Waals surface area contributed by atoms with Crippen molar-refractivity contribution in [3.05, 3.63) is 41.1 Å². The van der Waals surface area contributed by atoms with Crippen molar-refractivity contribution in [2.24, 2.45) is 0 Å². The van der Waals surface area contributed by atoms with Gasteiger partial charge in [-0.05, 0) is 43.3 Å². The van der Waals surface area contributed by atoms with Crippen LogP contribution in [0.2, 0.25) is 0 Å². The molecule has 110 valence electrons. The minimum Gasteiger partial charge on any atom is -0.457 e. The number of hydrogen-bond acceptors (Lipinski definition) is 6. The molecule has 0 fully saturated rings. The number of aromatic nitrogens is 5. The van der Waals surface area contributed by atoms with E-state index in [0.29, 0.717) is 5.69 Å². The summed E-state index contributed by atoms with van der Waals surface area (Å²) < 4.78 is 7.10. The molecule has 21 heavy (non-hydrogen) atoms. The highest BCUT2D eigenvalue weighted by molar-refractivity contribution is 5.85. The van der Waals surface area contributed by atoms with Gasteiger partial charge in [-0.3, -0.25) is 4.98 Å². The average molecular weight is 289 g/mol. The van der Waals surface area contributed by atoms with E-state index in [0.717, 1.165) is 15.4 Å². The molecule has 0 atom stereocenters. The largest absolute Gasteiger partial charge is 0.457 e. The summed E-state index contributed by atoms with van der Waals surface area (Å²) in [6, 6.07) is 3.35. The maximum atomic E-state index is 12.0. The molecule has 2 heterocycles. The third kappa shape index (κ3) is 3.85. The number of esters is 1. The highest BCUT2D eigenvalue weighted by atomic mass is 16.6. The molecule has 0 aliphatic rings. The summed E-state index contributed by atoms with van der Waals surface area (Å²) in [5.41, 5.74) is -0.623. The van der Waals surface area contributed by atoms with E-state index < -0.39 is 17.3 Å². The van der Waals surface area contributed by atoms with Crippen molar-refractivity contribution < 1.29 is 9.53 Å². The fourth-order valence-electron chi connectivity index (χ4n) is 1.46. The van der Waals surface area contributed by atoms with Crippen LogP contribution in [0.25, 0.3) is 11.9 Å². The zero-order valence-electron chi connectivity index (χ0n) is 11.9. The predicted molar refractivity (Wildman–Crippen MR) is 74.6 cm³/mol. The van der Waals surface area contributed by atoms with Crippen LogP contribution in [0, 0.1) is 0 Å². The molecule has 0 aliphatic heterocycles. The van der Waals surface area contributed by atoms with Gasteiger partial charge < -0.3 is 4.74 Å². The molecule has 0 unspecified atom stereocenters. The first-order valence-electron chi connectivity index (χ1n) is 6.23. The lowest BCUT2D eigenvalue weighted by molar-refractivity contribution is -0.148. The summed E-state index contributed by atoms with van der Waals surface area (Å²) in [6.07, 6.45) is 5.39. The molecule has 0 N–H and O–H groups in total. The zero-order chi connectivity index (χ0) is 15.5. The number of hydrogen-bond donors (Lipinski definition) is 0. The van der Waals surface area contributed by atoms with Gasteiger partial charge in [0.1, 0.15) is 5.60 Å². The van der Waals surface area contributed by atoms with Crippen molar-refractivity contribution in [1.82, 2.24) is 24.8 Å². The van der Waals surface area contributed by atoms with Crippen LogP contribution < -0.4 is 5.69 Å². The van der Waals surface area contributed by atoms with E-state index in [2.05, 4.69) is 15.4 Å². The summed E-state index contributed by atoms with van der Waals surface area (Å²) in [7, 11) is 0. The maximum Gasteiger partial charge on any atom is 0.372 e. The molecular weight excluding hydrogens is 274 g/mol. The van der Waals surface area contributed by atoms with Crippen LogP contribution in [-0.2, 0) is 9.53 Å². The molecule has 8 nitrogen and oxygen atoms in total. The quantitative estimate of drug-likeness (QED) is 0.608. The van der Waals surface area contributed by atoms with Crippen LogP contribution in [0.15, 0.2) is 35.4 Å². The zero-order valence-corrected chi connectivity index (χ0v) is 11.9. The Morgan fingerprint density at radius 3 is 2.71 bits per heavy atom. The third-order valence-corrected chi connectivity index (χ3v) is 2.25. The van der Waals surface area contributed by atoms with Crippen LogP contribution in [-0.4, -0.2) is 36.3 Å². The van der Waals surface area contributed by atoms with Crippen LogP contribution in [0.3, 0.4) is 0 Å². The Balaban J connectivity index is 2.19. The SMILES string of the molecule is CC(C)(C)OC(=O)/C=C\n1nnn(-c2cccnc2)c1=O. The second-order valence-electron chi connectivity index (χ2n) is 5.18. The minimum atomic E-state index is -0.598. The van der Waals surface area contributed by atoms with Gasteiger partial charge in [0.2, 0.25) is 0 Å². The molecule has 2 aromatic rings. The molecule has 0 aliphatic carbocycles. The third-order valence-electron chi connectivity index (χ3n) is 2.25. The lowest BCUT2D eigenvalue weighted by Crippen LogP contribution is -2.23. The summed E-state index contributed by atoms with van der Waals surface area (Å²) in [4.78, 5) is 27.5. The second-order valence-corrected chi connectivity index (χ2v) is 5.18. The number of pyridine rings is 1. The van der Waals surface area contributed by atoms with Crippen LogP contribution in [0.1, 0.15) is 20.8 Å². The van der Waals surface area contributed by atoms with E-state index in [1.54, 1.807) is 39.1 Å². The molecule has 0 bridgehead atoms. The number of nitrogens with zero attached hydrogens (tertiary/aromatic N) is 5. The van der Waals surface area contributed by atoms with Gasteiger partial charge in [0.15, 0.2) is 0 Å². The Hall–Kier alpha value is -2.77. The molecular formula is C13H15N5O3. The van der Waals surface area contributed by atoms with Gasteiger partial charge in [0.25, 0.3) is 0 Å². The van der Waals surface area contributed by atoms with E-state index in [1.807, 2.05) is 0 Å². The molecule has 0 amide bonds. The molecule has 0 aromatic carbocycles. The monoisotopic (exact) mass is 289 g/mol. The Bertz CT molecular complexity index is 709. The standard InChI is InChI=1S/C13H15N5O3/c1-13(2,3)21-11(19)6-8-17-12(20)18(16-15-17)10-5-4-7-14-9-10/h4-9H,1-3H3/b8-6-. The van der Waals surface area contributed by atoms with E-state index in [-0.39, 0.29) is 0 Å². The summed E-state index contributed by atoms with van der Waals surface area (Å²) >= 11 is 0. The molecule has 0 spiro atoms. The molecule has 8 heteroatoms. The Morgan fingerprint density at radius 2 is 2.10 bits per heavy atom. The summed E-state index contributed by atoms with van der Waals surface area (Å²) in [6.45, 7) is 5.26. The number of carbonyl (C=O) groups is 1. The number of rotatable bonds is 3. The minimum absolute atomic E-state index is 0.486. The first-order valence-corrected chi connectivity index (χ1v) is 6.23. The Labute approximate surface area is 120 Å². The first-order chi connectivity index (χ1) is 9.87. The van der Waals surface area contributed by atoms with Crippen LogP contribution in [0.4, 0.5) is 0 Å². The molecule has 2 aromatic heterocycles. The van der Waals surface area contributed by atoms with Crippen molar-refractivity contribution in [3.63, 3.8) is 0 Å². The lowest BCUT2D eigenvalue weighted by Gasteiger charge is -2.17. The van der Waals surface area contributed by atoms with Gasteiger partial charge in [0, 0.05) is 18.5 Å². The highest BCUT2D eigenvalue weighted by Gasteiger charge is 2.14. The van der Waals surface area contributed by atoms with Gasteiger partial charge in [0.05, 0.1) is 11.9 Å². The second kappa shape index (κ2) is 5.70.